The topological polar surface area (TPSA) is 81.7 Å². The number of aliphatic carboxylic acids is 1. The van der Waals surface area contributed by atoms with E-state index in [1.165, 1.54) is 0 Å². The van der Waals surface area contributed by atoms with Crippen molar-refractivity contribution in [1.29, 1.82) is 0 Å². The number of thioether (sulfide) groups is 1. The van der Waals surface area contributed by atoms with Crippen molar-refractivity contribution < 1.29 is 14.7 Å². The Morgan fingerprint density at radius 1 is 1.25 bits per heavy atom. The minimum absolute atomic E-state index is 0.0176. The highest BCUT2D eigenvalue weighted by atomic mass is 32.2. The summed E-state index contributed by atoms with van der Waals surface area (Å²) in [5.74, 6) is 1.47. The van der Waals surface area contributed by atoms with Gasteiger partial charge < -0.3 is 15.7 Å². The minimum Gasteiger partial charge on any atom is -0.481 e. The van der Waals surface area contributed by atoms with Crippen LogP contribution in [0.4, 0.5) is 4.79 Å². The third kappa shape index (κ3) is 4.56. The molecule has 2 aliphatic rings. The minimum atomic E-state index is -0.851. The monoisotopic (exact) mass is 301 g/mol. The van der Waals surface area contributed by atoms with Crippen molar-refractivity contribution >= 4 is 23.8 Å². The molecule has 1 saturated carbocycles. The van der Waals surface area contributed by atoms with Gasteiger partial charge in [0, 0.05) is 37.7 Å². The van der Waals surface area contributed by atoms with Gasteiger partial charge in [-0.25, -0.2) is 4.79 Å². The first-order valence-electron chi connectivity index (χ1n) is 7.18. The Bertz CT molecular complexity index is 355. The lowest BCUT2D eigenvalue weighted by Crippen LogP contribution is -2.57. The van der Waals surface area contributed by atoms with E-state index in [4.69, 9.17) is 5.11 Å². The second kappa shape index (κ2) is 7.17. The molecule has 0 bridgehead atoms. The molecule has 20 heavy (non-hydrogen) atoms. The molecule has 7 heteroatoms. The zero-order valence-electron chi connectivity index (χ0n) is 11.7. The fourth-order valence-electron chi connectivity index (χ4n) is 2.68. The average Bonchev–Trinajstić information content (AvgIpc) is 2.37. The molecule has 0 spiro atoms. The van der Waals surface area contributed by atoms with Gasteiger partial charge in [-0.1, -0.05) is 0 Å². The molecule has 0 atom stereocenters. The Kier molecular flexibility index (Phi) is 5.54. The number of carboxylic acid groups (broad SMARTS) is 1. The largest absolute Gasteiger partial charge is 0.481 e. The highest BCUT2D eigenvalue weighted by molar-refractivity contribution is 7.99. The number of nitrogens with one attached hydrogen (secondary N) is 2. The maximum Gasteiger partial charge on any atom is 0.315 e. The molecule has 0 unspecified atom stereocenters. The van der Waals surface area contributed by atoms with Gasteiger partial charge in [-0.15, -0.1) is 0 Å². The van der Waals surface area contributed by atoms with Gasteiger partial charge in [-0.2, -0.15) is 11.8 Å². The van der Waals surface area contributed by atoms with Crippen molar-refractivity contribution in [2.45, 2.75) is 31.2 Å². The molecule has 3 N–H and O–H groups in total. The number of carboxylic acids is 1. The molecular weight excluding hydrogens is 278 g/mol. The molecule has 2 amide bonds. The Labute approximate surface area is 123 Å². The molecule has 2 fully saturated rings. The van der Waals surface area contributed by atoms with Gasteiger partial charge in [0.2, 0.25) is 0 Å². The number of hydrogen-bond acceptors (Lipinski definition) is 4. The van der Waals surface area contributed by atoms with Crippen molar-refractivity contribution in [3.8, 4) is 0 Å². The van der Waals surface area contributed by atoms with Gasteiger partial charge in [0.25, 0.3) is 0 Å². The van der Waals surface area contributed by atoms with Crippen LogP contribution in [-0.2, 0) is 4.79 Å². The van der Waals surface area contributed by atoms with Gasteiger partial charge in [0.05, 0.1) is 12.0 Å². The summed E-state index contributed by atoms with van der Waals surface area (Å²) < 4.78 is 0. The molecule has 6 nitrogen and oxygen atoms in total. The number of rotatable bonds is 6. The highest BCUT2D eigenvalue weighted by Crippen LogP contribution is 2.34. The molecule has 1 aliphatic carbocycles. The van der Waals surface area contributed by atoms with Crippen LogP contribution in [0.5, 0.6) is 0 Å². The van der Waals surface area contributed by atoms with E-state index in [9.17, 15) is 9.59 Å². The molecule has 1 saturated heterocycles. The summed E-state index contributed by atoms with van der Waals surface area (Å²) in [5.41, 5.74) is -0.516. The van der Waals surface area contributed by atoms with Crippen LogP contribution in [0.15, 0.2) is 0 Å². The molecule has 0 aromatic carbocycles. The summed E-state index contributed by atoms with van der Waals surface area (Å²) in [6.45, 7) is 3.63. The maximum atomic E-state index is 11.8. The van der Waals surface area contributed by atoms with Crippen LogP contribution in [0.1, 0.15) is 25.7 Å². The number of hydrogen-bond donors (Lipinski definition) is 3. The fraction of sp³-hybridized carbons (Fsp3) is 0.846. The Hall–Kier alpha value is -0.950. The van der Waals surface area contributed by atoms with Gasteiger partial charge >= 0.3 is 12.0 Å². The normalized spacial score (nSPS) is 21.8. The average molecular weight is 301 g/mol. The maximum absolute atomic E-state index is 11.8. The molecule has 114 valence electrons. The van der Waals surface area contributed by atoms with Crippen LogP contribution in [-0.4, -0.2) is 65.2 Å². The molecule has 1 aliphatic heterocycles. The van der Waals surface area contributed by atoms with E-state index in [1.807, 2.05) is 11.8 Å². The molecular formula is C13H23N3O3S. The van der Waals surface area contributed by atoms with Crippen molar-refractivity contribution in [2.75, 3.05) is 37.7 Å². The lowest BCUT2D eigenvalue weighted by Gasteiger charge is -2.41. The zero-order chi connectivity index (χ0) is 14.4. The van der Waals surface area contributed by atoms with Gasteiger partial charge in [-0.3, -0.25) is 9.69 Å². The SMILES string of the molecule is O=C(O)CC1(NC(=O)NCCN2CCSCC2)CCC1. The Morgan fingerprint density at radius 3 is 2.50 bits per heavy atom. The van der Waals surface area contributed by atoms with Crippen molar-refractivity contribution in [1.82, 2.24) is 15.5 Å². The molecule has 0 aromatic rings. The lowest BCUT2D eigenvalue weighted by atomic mass is 9.74. The van der Waals surface area contributed by atoms with E-state index in [0.29, 0.717) is 6.54 Å². The Morgan fingerprint density at radius 2 is 1.95 bits per heavy atom. The van der Waals surface area contributed by atoms with Crippen molar-refractivity contribution in [3.05, 3.63) is 0 Å². The quantitative estimate of drug-likeness (QED) is 0.674. The highest BCUT2D eigenvalue weighted by Gasteiger charge is 2.40. The van der Waals surface area contributed by atoms with Crippen LogP contribution < -0.4 is 10.6 Å². The number of nitrogens with zero attached hydrogens (tertiary/aromatic N) is 1. The number of amides is 2. The number of carbonyl (C=O) groups excluding carboxylic acids is 1. The summed E-state index contributed by atoms with van der Waals surface area (Å²) >= 11 is 1.97. The van der Waals surface area contributed by atoms with Gasteiger partial charge in [0.15, 0.2) is 0 Å². The van der Waals surface area contributed by atoms with Crippen LogP contribution in [0, 0.1) is 0 Å². The first-order chi connectivity index (χ1) is 9.60. The van der Waals surface area contributed by atoms with E-state index in [0.717, 1.165) is 50.4 Å². The Balaban J connectivity index is 1.65. The third-order valence-corrected chi connectivity index (χ3v) is 4.94. The molecule has 0 radical (unpaired) electrons. The lowest BCUT2D eigenvalue weighted by molar-refractivity contribution is -0.139. The summed E-state index contributed by atoms with van der Waals surface area (Å²) in [6, 6.07) is -0.239. The number of urea groups is 1. The molecule has 0 aromatic heterocycles. The third-order valence-electron chi connectivity index (χ3n) is 4.00. The van der Waals surface area contributed by atoms with E-state index >= 15 is 0 Å². The summed E-state index contributed by atoms with van der Waals surface area (Å²) in [4.78, 5) is 25.0. The van der Waals surface area contributed by atoms with Gasteiger partial charge in [-0.05, 0) is 19.3 Å². The number of carbonyl (C=O) groups is 2. The second-order valence-corrected chi connectivity index (χ2v) is 6.76. The first kappa shape index (κ1) is 15.4. The fourth-order valence-corrected chi connectivity index (χ4v) is 3.66. The smallest absolute Gasteiger partial charge is 0.315 e. The van der Waals surface area contributed by atoms with Crippen molar-refractivity contribution in [3.63, 3.8) is 0 Å². The van der Waals surface area contributed by atoms with Crippen LogP contribution in [0.3, 0.4) is 0 Å². The molecule has 1 heterocycles. The predicted octanol–water partition coefficient (Wildman–Crippen LogP) is 0.732. The van der Waals surface area contributed by atoms with E-state index in [2.05, 4.69) is 15.5 Å². The first-order valence-corrected chi connectivity index (χ1v) is 8.33. The van der Waals surface area contributed by atoms with E-state index in [1.54, 1.807) is 0 Å². The van der Waals surface area contributed by atoms with Crippen molar-refractivity contribution in [2.24, 2.45) is 0 Å². The van der Waals surface area contributed by atoms with E-state index < -0.39 is 11.5 Å². The van der Waals surface area contributed by atoms with Crippen LogP contribution in [0.2, 0.25) is 0 Å². The standard InChI is InChI=1S/C13H23N3O3S/c17-11(18)10-13(2-1-3-13)15-12(19)14-4-5-16-6-8-20-9-7-16/h1-10H2,(H,17,18)(H2,14,15,19). The van der Waals surface area contributed by atoms with E-state index in [-0.39, 0.29) is 12.5 Å². The summed E-state index contributed by atoms with van der Waals surface area (Å²) in [5, 5.41) is 14.6. The van der Waals surface area contributed by atoms with Gasteiger partial charge in [0.1, 0.15) is 0 Å². The molecule has 2 rings (SSSR count). The summed E-state index contributed by atoms with van der Waals surface area (Å²) in [6.07, 6.45) is 2.52. The predicted molar refractivity (Wildman–Crippen MR) is 79.1 cm³/mol. The summed E-state index contributed by atoms with van der Waals surface area (Å²) in [7, 11) is 0. The van der Waals surface area contributed by atoms with Crippen LogP contribution >= 0.6 is 11.8 Å². The zero-order valence-corrected chi connectivity index (χ0v) is 12.5. The second-order valence-electron chi connectivity index (χ2n) is 5.54. The van der Waals surface area contributed by atoms with Crippen LogP contribution in [0.25, 0.3) is 0 Å².